The van der Waals surface area contributed by atoms with E-state index >= 15 is 0 Å². The zero-order valence-corrected chi connectivity index (χ0v) is 10.1. The Kier molecular flexibility index (Phi) is 3.80. The lowest BCUT2D eigenvalue weighted by atomic mass is 9.97. The number of hydrogen-bond acceptors (Lipinski definition) is 2. The predicted molar refractivity (Wildman–Crippen MR) is 65.3 cm³/mol. The Bertz CT molecular complexity index is 386. The topological polar surface area (TPSA) is 29.3 Å². The van der Waals surface area contributed by atoms with Crippen LogP contribution in [0.1, 0.15) is 18.4 Å². The van der Waals surface area contributed by atoms with Gasteiger partial charge in [-0.3, -0.25) is 0 Å². The standard InChI is InChI=1S/C13H17F3N2/c14-13(15,16)11-2-1-7-18(9-11)12-5-3-10(8-17)4-6-12/h3-6,11H,1-2,7-9,17H2. The summed E-state index contributed by atoms with van der Waals surface area (Å²) in [6.07, 6.45) is -3.26. The lowest BCUT2D eigenvalue weighted by Gasteiger charge is -2.35. The van der Waals surface area contributed by atoms with E-state index in [2.05, 4.69) is 0 Å². The minimum atomic E-state index is -4.09. The van der Waals surface area contributed by atoms with Crippen LogP contribution in [-0.4, -0.2) is 19.3 Å². The number of rotatable bonds is 2. The van der Waals surface area contributed by atoms with Crippen molar-refractivity contribution in [1.29, 1.82) is 0 Å². The number of hydrogen-bond donors (Lipinski definition) is 1. The molecule has 1 heterocycles. The third-order valence-corrected chi connectivity index (χ3v) is 3.42. The summed E-state index contributed by atoms with van der Waals surface area (Å²) < 4.78 is 38.1. The average molecular weight is 258 g/mol. The van der Waals surface area contributed by atoms with Crippen LogP contribution in [0.5, 0.6) is 0 Å². The molecule has 1 saturated heterocycles. The fourth-order valence-electron chi connectivity index (χ4n) is 2.32. The van der Waals surface area contributed by atoms with Crippen LogP contribution in [0.4, 0.5) is 18.9 Å². The maximum Gasteiger partial charge on any atom is 0.393 e. The number of halogens is 3. The molecule has 2 nitrogen and oxygen atoms in total. The molecule has 100 valence electrons. The van der Waals surface area contributed by atoms with Gasteiger partial charge in [0.15, 0.2) is 0 Å². The smallest absolute Gasteiger partial charge is 0.371 e. The van der Waals surface area contributed by atoms with E-state index in [9.17, 15) is 13.2 Å². The van der Waals surface area contributed by atoms with Gasteiger partial charge in [-0.1, -0.05) is 12.1 Å². The van der Waals surface area contributed by atoms with Gasteiger partial charge in [-0.25, -0.2) is 0 Å². The van der Waals surface area contributed by atoms with Gasteiger partial charge in [-0.05, 0) is 30.5 Å². The monoisotopic (exact) mass is 258 g/mol. The fourth-order valence-corrected chi connectivity index (χ4v) is 2.32. The van der Waals surface area contributed by atoms with E-state index in [4.69, 9.17) is 5.73 Å². The van der Waals surface area contributed by atoms with Crippen LogP contribution >= 0.6 is 0 Å². The molecule has 1 aromatic carbocycles. The van der Waals surface area contributed by atoms with Gasteiger partial charge in [0.05, 0.1) is 5.92 Å². The Labute approximate surface area is 105 Å². The number of benzene rings is 1. The van der Waals surface area contributed by atoms with Crippen LogP contribution in [0.15, 0.2) is 24.3 Å². The number of alkyl halides is 3. The van der Waals surface area contributed by atoms with Gasteiger partial charge >= 0.3 is 6.18 Å². The van der Waals surface area contributed by atoms with Crippen LogP contribution < -0.4 is 10.6 Å². The Morgan fingerprint density at radius 3 is 2.44 bits per heavy atom. The van der Waals surface area contributed by atoms with Gasteiger partial charge in [0.25, 0.3) is 0 Å². The molecule has 0 aliphatic carbocycles. The van der Waals surface area contributed by atoms with Crippen molar-refractivity contribution in [2.24, 2.45) is 11.7 Å². The van der Waals surface area contributed by atoms with E-state index < -0.39 is 12.1 Å². The Balaban J connectivity index is 2.08. The highest BCUT2D eigenvalue weighted by Gasteiger charge is 2.41. The lowest BCUT2D eigenvalue weighted by molar-refractivity contribution is -0.175. The Morgan fingerprint density at radius 2 is 1.89 bits per heavy atom. The van der Waals surface area contributed by atoms with Crippen LogP contribution in [0.2, 0.25) is 0 Å². The second-order valence-corrected chi connectivity index (χ2v) is 4.70. The minimum absolute atomic E-state index is 0.0610. The quantitative estimate of drug-likeness (QED) is 0.883. The van der Waals surface area contributed by atoms with Crippen LogP contribution in [-0.2, 0) is 6.54 Å². The number of piperidine rings is 1. The van der Waals surface area contributed by atoms with Crippen molar-refractivity contribution < 1.29 is 13.2 Å². The van der Waals surface area contributed by atoms with Crippen molar-refractivity contribution in [3.8, 4) is 0 Å². The molecule has 0 radical (unpaired) electrons. The summed E-state index contributed by atoms with van der Waals surface area (Å²) in [7, 11) is 0. The van der Waals surface area contributed by atoms with E-state index in [1.165, 1.54) is 0 Å². The molecule has 1 aliphatic heterocycles. The molecule has 1 atom stereocenters. The molecule has 0 saturated carbocycles. The summed E-state index contributed by atoms with van der Waals surface area (Å²) in [4.78, 5) is 1.81. The van der Waals surface area contributed by atoms with Crippen LogP contribution in [0, 0.1) is 5.92 Å². The molecule has 1 aliphatic rings. The maximum absolute atomic E-state index is 12.7. The first-order valence-electron chi connectivity index (χ1n) is 6.11. The molecule has 0 bridgehead atoms. The predicted octanol–water partition coefficient (Wildman–Crippen LogP) is 2.92. The molecule has 18 heavy (non-hydrogen) atoms. The second kappa shape index (κ2) is 5.18. The van der Waals surface area contributed by atoms with Gasteiger partial charge in [0.2, 0.25) is 0 Å². The van der Waals surface area contributed by atoms with Crippen LogP contribution in [0.3, 0.4) is 0 Å². The van der Waals surface area contributed by atoms with E-state index in [-0.39, 0.29) is 13.0 Å². The first-order chi connectivity index (χ1) is 8.50. The highest BCUT2D eigenvalue weighted by Crippen LogP contribution is 2.34. The number of anilines is 1. The summed E-state index contributed by atoms with van der Waals surface area (Å²) >= 11 is 0. The van der Waals surface area contributed by atoms with Gasteiger partial charge in [-0.2, -0.15) is 13.2 Å². The molecular formula is C13H17F3N2. The third-order valence-electron chi connectivity index (χ3n) is 3.42. The van der Waals surface area contributed by atoms with Crippen molar-refractivity contribution in [2.75, 3.05) is 18.0 Å². The van der Waals surface area contributed by atoms with E-state index in [1.54, 1.807) is 0 Å². The average Bonchev–Trinajstić information content (AvgIpc) is 2.38. The Morgan fingerprint density at radius 1 is 1.22 bits per heavy atom. The molecular weight excluding hydrogens is 241 g/mol. The van der Waals surface area contributed by atoms with E-state index in [0.717, 1.165) is 11.3 Å². The normalized spacial score (nSPS) is 21.1. The lowest BCUT2D eigenvalue weighted by Crippen LogP contribution is -2.41. The molecule has 1 fully saturated rings. The summed E-state index contributed by atoms with van der Waals surface area (Å²) in [6.45, 7) is 1.20. The largest absolute Gasteiger partial charge is 0.393 e. The van der Waals surface area contributed by atoms with E-state index in [0.29, 0.717) is 19.5 Å². The molecule has 0 amide bonds. The molecule has 1 unspecified atom stereocenters. The summed E-state index contributed by atoms with van der Waals surface area (Å²) in [5.41, 5.74) is 7.33. The van der Waals surface area contributed by atoms with Gasteiger partial charge in [-0.15, -0.1) is 0 Å². The highest BCUT2D eigenvalue weighted by atomic mass is 19.4. The first kappa shape index (κ1) is 13.2. The van der Waals surface area contributed by atoms with Crippen molar-refractivity contribution in [3.05, 3.63) is 29.8 Å². The van der Waals surface area contributed by atoms with Gasteiger partial charge in [0, 0.05) is 25.3 Å². The van der Waals surface area contributed by atoms with E-state index in [1.807, 2.05) is 29.2 Å². The van der Waals surface area contributed by atoms with Crippen molar-refractivity contribution >= 4 is 5.69 Å². The zero-order chi connectivity index (χ0) is 13.2. The zero-order valence-electron chi connectivity index (χ0n) is 10.1. The molecule has 0 spiro atoms. The maximum atomic E-state index is 12.7. The van der Waals surface area contributed by atoms with Gasteiger partial charge in [0.1, 0.15) is 0 Å². The third kappa shape index (κ3) is 2.96. The second-order valence-electron chi connectivity index (χ2n) is 4.70. The van der Waals surface area contributed by atoms with Crippen molar-refractivity contribution in [1.82, 2.24) is 0 Å². The minimum Gasteiger partial charge on any atom is -0.371 e. The molecule has 2 N–H and O–H groups in total. The number of nitrogens with zero attached hydrogens (tertiary/aromatic N) is 1. The molecule has 0 aromatic heterocycles. The van der Waals surface area contributed by atoms with Crippen molar-refractivity contribution in [3.63, 3.8) is 0 Å². The van der Waals surface area contributed by atoms with Gasteiger partial charge < -0.3 is 10.6 Å². The summed E-state index contributed by atoms with van der Waals surface area (Å²) in [6, 6.07) is 7.43. The fraction of sp³-hybridized carbons (Fsp3) is 0.538. The highest BCUT2D eigenvalue weighted by molar-refractivity contribution is 5.48. The molecule has 5 heteroatoms. The first-order valence-corrected chi connectivity index (χ1v) is 6.11. The summed E-state index contributed by atoms with van der Waals surface area (Å²) in [5.74, 6) is -1.21. The Hall–Kier alpha value is -1.23. The van der Waals surface area contributed by atoms with Crippen molar-refractivity contribution in [2.45, 2.75) is 25.6 Å². The van der Waals surface area contributed by atoms with Crippen LogP contribution in [0.25, 0.3) is 0 Å². The number of nitrogens with two attached hydrogens (primary N) is 1. The molecule has 1 aromatic rings. The summed E-state index contributed by atoms with van der Waals surface area (Å²) in [5, 5.41) is 0. The SMILES string of the molecule is NCc1ccc(N2CCCC(C(F)(F)F)C2)cc1. The molecule has 2 rings (SSSR count).